The average Bonchev–Trinajstić information content (AvgIpc) is 2.98. The van der Waals surface area contributed by atoms with E-state index < -0.39 is 0 Å². The van der Waals surface area contributed by atoms with Crippen LogP contribution in [0, 0.1) is 12.8 Å². The Kier molecular flexibility index (Phi) is 4.73. The molecule has 136 valence electrons. The highest BCUT2D eigenvalue weighted by Gasteiger charge is 2.20. The van der Waals surface area contributed by atoms with E-state index in [0.717, 1.165) is 53.6 Å². The van der Waals surface area contributed by atoms with Gasteiger partial charge in [-0.2, -0.15) is 0 Å². The summed E-state index contributed by atoms with van der Waals surface area (Å²) >= 11 is 0. The molecule has 1 aromatic heterocycles. The Hall–Kier alpha value is -2.26. The number of benzene rings is 2. The van der Waals surface area contributed by atoms with Crippen molar-refractivity contribution in [3.05, 3.63) is 53.8 Å². The lowest BCUT2D eigenvalue weighted by molar-refractivity contribution is 0.183. The van der Waals surface area contributed by atoms with E-state index >= 15 is 0 Å². The zero-order chi connectivity index (χ0) is 18.1. The van der Waals surface area contributed by atoms with Crippen molar-refractivity contribution in [1.82, 2.24) is 4.90 Å². The third-order valence-electron chi connectivity index (χ3n) is 5.60. The smallest absolute Gasteiger partial charge is 0.135 e. The Morgan fingerprint density at radius 3 is 2.54 bits per heavy atom. The molecule has 4 rings (SSSR count). The van der Waals surface area contributed by atoms with Crippen LogP contribution in [0.3, 0.4) is 0 Å². The Morgan fingerprint density at radius 2 is 1.85 bits per heavy atom. The Balaban J connectivity index is 1.72. The second-order valence-corrected chi connectivity index (χ2v) is 7.52. The van der Waals surface area contributed by atoms with Crippen LogP contribution in [0.1, 0.15) is 31.1 Å². The molecule has 2 aromatic carbocycles. The van der Waals surface area contributed by atoms with Crippen LogP contribution in [-0.4, -0.2) is 25.1 Å². The zero-order valence-corrected chi connectivity index (χ0v) is 15.9. The summed E-state index contributed by atoms with van der Waals surface area (Å²) in [5.41, 5.74) is 4.51. The van der Waals surface area contributed by atoms with Crippen molar-refractivity contribution in [3.63, 3.8) is 0 Å². The standard InChI is InChI=1S/C23H27NO2/c1-16-9-11-24(12-10-16)15-19-13-22-20(14-21(19)25-3)23(17(2)26-22)18-7-5-4-6-8-18/h4-8,13-14,16H,9-12,15H2,1-3H3. The van der Waals surface area contributed by atoms with Crippen molar-refractivity contribution in [2.75, 3.05) is 20.2 Å². The summed E-state index contributed by atoms with van der Waals surface area (Å²) in [6.07, 6.45) is 2.56. The maximum atomic E-state index is 6.13. The van der Waals surface area contributed by atoms with E-state index in [-0.39, 0.29) is 0 Å². The molecule has 0 spiro atoms. The maximum Gasteiger partial charge on any atom is 0.135 e. The number of rotatable bonds is 4. The minimum absolute atomic E-state index is 0.844. The lowest BCUT2D eigenvalue weighted by Gasteiger charge is -2.30. The number of piperidine rings is 1. The van der Waals surface area contributed by atoms with Gasteiger partial charge in [-0.3, -0.25) is 4.90 Å². The monoisotopic (exact) mass is 349 g/mol. The molecule has 3 nitrogen and oxygen atoms in total. The molecule has 0 atom stereocenters. The van der Waals surface area contributed by atoms with E-state index in [4.69, 9.17) is 9.15 Å². The number of ether oxygens (including phenoxy) is 1. The van der Waals surface area contributed by atoms with Crippen molar-refractivity contribution in [1.29, 1.82) is 0 Å². The highest BCUT2D eigenvalue weighted by molar-refractivity contribution is 5.97. The number of hydrogen-bond donors (Lipinski definition) is 0. The molecule has 1 fully saturated rings. The molecule has 0 amide bonds. The number of aryl methyl sites for hydroxylation is 1. The van der Waals surface area contributed by atoms with Gasteiger partial charge in [-0.1, -0.05) is 37.3 Å². The highest BCUT2D eigenvalue weighted by atomic mass is 16.5. The van der Waals surface area contributed by atoms with Gasteiger partial charge in [0.15, 0.2) is 0 Å². The fourth-order valence-electron chi connectivity index (χ4n) is 4.03. The molecule has 0 N–H and O–H groups in total. The van der Waals surface area contributed by atoms with Crippen LogP contribution in [0.5, 0.6) is 5.75 Å². The summed E-state index contributed by atoms with van der Waals surface area (Å²) in [5, 5.41) is 1.13. The molecule has 1 aliphatic rings. The molecule has 2 heterocycles. The third kappa shape index (κ3) is 3.24. The molecule has 1 saturated heterocycles. The normalized spacial score (nSPS) is 16.3. The number of fused-ring (bicyclic) bond motifs is 1. The summed E-state index contributed by atoms with van der Waals surface area (Å²) in [7, 11) is 1.76. The third-order valence-corrected chi connectivity index (χ3v) is 5.60. The van der Waals surface area contributed by atoms with E-state index in [0.29, 0.717) is 0 Å². The van der Waals surface area contributed by atoms with Crippen molar-refractivity contribution in [3.8, 4) is 16.9 Å². The topological polar surface area (TPSA) is 25.6 Å². The van der Waals surface area contributed by atoms with Crippen LogP contribution < -0.4 is 4.74 Å². The fourth-order valence-corrected chi connectivity index (χ4v) is 4.03. The molecule has 3 heteroatoms. The van der Waals surface area contributed by atoms with Crippen molar-refractivity contribution in [2.24, 2.45) is 5.92 Å². The van der Waals surface area contributed by atoms with Crippen LogP contribution in [0.25, 0.3) is 22.1 Å². The molecule has 0 saturated carbocycles. The first-order chi connectivity index (χ1) is 12.7. The first-order valence-electron chi connectivity index (χ1n) is 9.53. The molecule has 0 aliphatic carbocycles. The van der Waals surface area contributed by atoms with Gasteiger partial charge in [0.05, 0.1) is 7.11 Å². The summed E-state index contributed by atoms with van der Waals surface area (Å²) in [5.74, 6) is 2.75. The van der Waals surface area contributed by atoms with Gasteiger partial charge in [-0.05, 0) is 56.5 Å². The van der Waals surface area contributed by atoms with Crippen LogP contribution in [0.15, 0.2) is 46.9 Å². The van der Waals surface area contributed by atoms with E-state index in [1.54, 1.807) is 7.11 Å². The van der Waals surface area contributed by atoms with Gasteiger partial charge in [-0.25, -0.2) is 0 Å². The Labute approximate surface area is 155 Å². The highest BCUT2D eigenvalue weighted by Crippen LogP contribution is 2.38. The summed E-state index contributed by atoms with van der Waals surface area (Å²) < 4.78 is 11.9. The molecule has 26 heavy (non-hydrogen) atoms. The first-order valence-corrected chi connectivity index (χ1v) is 9.53. The number of likely N-dealkylation sites (tertiary alicyclic amines) is 1. The van der Waals surface area contributed by atoms with Gasteiger partial charge in [0.2, 0.25) is 0 Å². The van der Waals surface area contributed by atoms with E-state index in [2.05, 4.69) is 48.2 Å². The van der Waals surface area contributed by atoms with Gasteiger partial charge in [0, 0.05) is 23.1 Å². The van der Waals surface area contributed by atoms with Crippen molar-refractivity contribution in [2.45, 2.75) is 33.2 Å². The molecule has 0 bridgehead atoms. The molecule has 3 aromatic rings. The second-order valence-electron chi connectivity index (χ2n) is 7.52. The number of methoxy groups -OCH3 is 1. The van der Waals surface area contributed by atoms with Crippen molar-refractivity contribution >= 4 is 11.0 Å². The first kappa shape index (κ1) is 17.2. The molecule has 1 aliphatic heterocycles. The summed E-state index contributed by atoms with van der Waals surface area (Å²) in [6.45, 7) is 7.64. The SMILES string of the molecule is COc1cc2c(-c3ccccc3)c(C)oc2cc1CN1CCC(C)CC1. The van der Waals surface area contributed by atoms with Crippen LogP contribution in [0.4, 0.5) is 0 Å². The van der Waals surface area contributed by atoms with Crippen molar-refractivity contribution < 1.29 is 9.15 Å². The maximum absolute atomic E-state index is 6.13. The predicted molar refractivity (Wildman–Crippen MR) is 107 cm³/mol. The van der Waals surface area contributed by atoms with Gasteiger partial charge in [0.1, 0.15) is 17.1 Å². The lowest BCUT2D eigenvalue weighted by atomic mass is 9.98. The average molecular weight is 349 g/mol. The van der Waals surface area contributed by atoms with Crippen LogP contribution in [-0.2, 0) is 6.54 Å². The molecular weight excluding hydrogens is 322 g/mol. The Morgan fingerprint density at radius 1 is 1.12 bits per heavy atom. The van der Waals surface area contributed by atoms with Gasteiger partial charge >= 0.3 is 0 Å². The largest absolute Gasteiger partial charge is 0.496 e. The fraction of sp³-hybridized carbons (Fsp3) is 0.391. The van der Waals surface area contributed by atoms with E-state index in [9.17, 15) is 0 Å². The zero-order valence-electron chi connectivity index (χ0n) is 15.9. The van der Waals surface area contributed by atoms with Crippen LogP contribution in [0.2, 0.25) is 0 Å². The molecular formula is C23H27NO2. The minimum atomic E-state index is 0.844. The van der Waals surface area contributed by atoms with Gasteiger partial charge < -0.3 is 9.15 Å². The summed E-state index contributed by atoms with van der Waals surface area (Å²) in [4.78, 5) is 2.53. The second kappa shape index (κ2) is 7.16. The Bertz CT molecular complexity index is 889. The number of nitrogens with zero attached hydrogens (tertiary/aromatic N) is 1. The number of furan rings is 1. The van der Waals surface area contributed by atoms with Gasteiger partial charge in [0.25, 0.3) is 0 Å². The number of hydrogen-bond acceptors (Lipinski definition) is 3. The van der Waals surface area contributed by atoms with Gasteiger partial charge in [-0.15, -0.1) is 0 Å². The van der Waals surface area contributed by atoms with E-state index in [1.165, 1.54) is 24.0 Å². The predicted octanol–water partition coefficient (Wildman–Crippen LogP) is 5.65. The quantitative estimate of drug-likeness (QED) is 0.609. The molecule has 0 radical (unpaired) electrons. The summed E-state index contributed by atoms with van der Waals surface area (Å²) in [6, 6.07) is 14.8. The van der Waals surface area contributed by atoms with E-state index in [1.807, 2.05) is 13.0 Å². The minimum Gasteiger partial charge on any atom is -0.496 e. The lowest BCUT2D eigenvalue weighted by Crippen LogP contribution is -2.32. The molecule has 0 unspecified atom stereocenters. The van der Waals surface area contributed by atoms with Crippen LogP contribution >= 0.6 is 0 Å².